The van der Waals surface area contributed by atoms with E-state index >= 15 is 0 Å². The van der Waals surface area contributed by atoms with Crippen LogP contribution < -0.4 is 20.2 Å². The van der Waals surface area contributed by atoms with Crippen molar-refractivity contribution in [1.29, 1.82) is 0 Å². The molecule has 0 saturated heterocycles. The Morgan fingerprint density at radius 1 is 0.939 bits per heavy atom. The maximum Gasteiger partial charge on any atom is 0.329 e. The van der Waals surface area contributed by atoms with Gasteiger partial charge in [-0.15, -0.1) is 0 Å². The number of carbonyl (C=O) groups excluding carboxylic acids is 2. The molecule has 2 amide bonds. The monoisotopic (exact) mass is 485 g/mol. The van der Waals surface area contributed by atoms with Gasteiger partial charge < -0.3 is 14.8 Å². The van der Waals surface area contributed by atoms with Gasteiger partial charge >= 0.3 is 11.8 Å². The number of benzene rings is 3. The van der Waals surface area contributed by atoms with E-state index in [0.717, 1.165) is 5.56 Å². The lowest BCUT2D eigenvalue weighted by molar-refractivity contribution is -0.139. The van der Waals surface area contributed by atoms with Crippen molar-refractivity contribution >= 4 is 41.2 Å². The normalized spacial score (nSPS) is 10.6. The van der Waals surface area contributed by atoms with Crippen molar-refractivity contribution in [1.82, 2.24) is 10.7 Å². The first-order valence-electron chi connectivity index (χ1n) is 9.86. The summed E-state index contributed by atoms with van der Waals surface area (Å²) in [6.45, 7) is 0.402. The van der Waals surface area contributed by atoms with Crippen LogP contribution in [0.4, 0.5) is 0 Å². The molecule has 0 aliphatic rings. The van der Waals surface area contributed by atoms with Gasteiger partial charge in [0.05, 0.1) is 13.3 Å². The highest BCUT2D eigenvalue weighted by atomic mass is 35.5. The lowest BCUT2D eigenvalue weighted by Crippen LogP contribution is -2.37. The molecule has 170 valence electrons. The van der Waals surface area contributed by atoms with Gasteiger partial charge in [-0.05, 0) is 47.5 Å². The summed E-state index contributed by atoms with van der Waals surface area (Å²) >= 11 is 12.3. The van der Waals surface area contributed by atoms with Gasteiger partial charge in [-0.3, -0.25) is 9.59 Å². The molecule has 0 aliphatic heterocycles. The number of nitrogens with one attached hydrogen (secondary N) is 2. The second-order valence-corrected chi connectivity index (χ2v) is 7.61. The summed E-state index contributed by atoms with van der Waals surface area (Å²) in [4.78, 5) is 23.9. The summed E-state index contributed by atoms with van der Waals surface area (Å²) in [5, 5.41) is 7.40. The number of halogens is 2. The molecule has 3 aromatic rings. The molecule has 0 fully saturated rings. The molecule has 0 aliphatic carbocycles. The number of methoxy groups -OCH3 is 1. The third-order valence-corrected chi connectivity index (χ3v) is 5.21. The molecule has 3 rings (SSSR count). The maximum absolute atomic E-state index is 11.9. The fraction of sp³-hybridized carbons (Fsp3) is 0.125. The topological polar surface area (TPSA) is 89.0 Å². The van der Waals surface area contributed by atoms with Gasteiger partial charge in [-0.1, -0.05) is 53.5 Å². The van der Waals surface area contributed by atoms with Gasteiger partial charge in [-0.2, -0.15) is 5.10 Å². The summed E-state index contributed by atoms with van der Waals surface area (Å²) < 4.78 is 10.8. The number of nitrogens with zero attached hydrogens (tertiary/aromatic N) is 1. The SMILES string of the molecule is COc1ccc(CNC(=O)C(=O)N/N=C\c2cccc(OCc3c(Cl)cccc3Cl)c2)cc1. The highest BCUT2D eigenvalue weighted by molar-refractivity contribution is 6.36. The van der Waals surface area contributed by atoms with Crippen LogP contribution in [0.5, 0.6) is 11.5 Å². The molecular formula is C24H21Cl2N3O4. The van der Waals surface area contributed by atoms with Gasteiger partial charge in [-0.25, -0.2) is 5.43 Å². The van der Waals surface area contributed by atoms with E-state index in [2.05, 4.69) is 15.8 Å². The van der Waals surface area contributed by atoms with E-state index in [1.54, 1.807) is 73.8 Å². The van der Waals surface area contributed by atoms with Gasteiger partial charge in [0, 0.05) is 22.2 Å². The van der Waals surface area contributed by atoms with Crippen LogP contribution in [0.25, 0.3) is 0 Å². The van der Waals surface area contributed by atoms with Gasteiger partial charge in [0.2, 0.25) is 0 Å². The highest BCUT2D eigenvalue weighted by Crippen LogP contribution is 2.26. The van der Waals surface area contributed by atoms with Crippen LogP contribution >= 0.6 is 23.2 Å². The van der Waals surface area contributed by atoms with Crippen molar-refractivity contribution in [2.24, 2.45) is 5.10 Å². The summed E-state index contributed by atoms with van der Waals surface area (Å²) in [7, 11) is 1.57. The zero-order valence-electron chi connectivity index (χ0n) is 17.7. The van der Waals surface area contributed by atoms with Crippen LogP contribution in [0.2, 0.25) is 10.0 Å². The van der Waals surface area contributed by atoms with E-state index in [9.17, 15) is 9.59 Å². The zero-order chi connectivity index (χ0) is 23.6. The molecule has 33 heavy (non-hydrogen) atoms. The number of rotatable bonds is 8. The Hall–Kier alpha value is -3.55. The minimum absolute atomic E-state index is 0.199. The Kier molecular flexibility index (Phi) is 8.69. The Morgan fingerprint density at radius 3 is 2.33 bits per heavy atom. The largest absolute Gasteiger partial charge is 0.497 e. The summed E-state index contributed by atoms with van der Waals surface area (Å²) in [6, 6.07) is 19.4. The zero-order valence-corrected chi connectivity index (χ0v) is 19.2. The molecule has 0 heterocycles. The first-order chi connectivity index (χ1) is 16.0. The molecule has 2 N–H and O–H groups in total. The molecule has 0 aromatic heterocycles. The highest BCUT2D eigenvalue weighted by Gasteiger charge is 2.12. The van der Waals surface area contributed by atoms with E-state index in [1.807, 2.05) is 0 Å². The van der Waals surface area contributed by atoms with Gasteiger partial charge in [0.15, 0.2) is 0 Å². The number of ether oxygens (including phenoxy) is 2. The second-order valence-electron chi connectivity index (χ2n) is 6.79. The van der Waals surface area contributed by atoms with E-state index in [1.165, 1.54) is 6.21 Å². The Labute approximate surface area is 201 Å². The summed E-state index contributed by atoms with van der Waals surface area (Å²) in [5.41, 5.74) is 4.38. The first-order valence-corrected chi connectivity index (χ1v) is 10.6. The number of carbonyl (C=O) groups is 2. The van der Waals surface area contributed by atoms with E-state index in [4.69, 9.17) is 32.7 Å². The van der Waals surface area contributed by atoms with Crippen LogP contribution in [0, 0.1) is 0 Å². The van der Waals surface area contributed by atoms with Crippen LogP contribution in [-0.4, -0.2) is 25.1 Å². The lowest BCUT2D eigenvalue weighted by Gasteiger charge is -2.09. The van der Waals surface area contributed by atoms with E-state index in [-0.39, 0.29) is 13.2 Å². The molecule has 3 aromatic carbocycles. The van der Waals surface area contributed by atoms with Crippen molar-refractivity contribution in [2.45, 2.75) is 13.2 Å². The number of hydrogen-bond donors (Lipinski definition) is 2. The average Bonchev–Trinajstić information content (AvgIpc) is 2.82. The Bertz CT molecular complexity index is 1130. The fourth-order valence-corrected chi connectivity index (χ4v) is 3.24. The van der Waals surface area contributed by atoms with Crippen LogP contribution in [-0.2, 0) is 22.7 Å². The summed E-state index contributed by atoms with van der Waals surface area (Å²) in [5.74, 6) is -0.394. The molecule has 0 radical (unpaired) electrons. The predicted molar refractivity (Wildman–Crippen MR) is 128 cm³/mol. The Morgan fingerprint density at radius 2 is 1.64 bits per heavy atom. The Balaban J connectivity index is 1.49. The van der Waals surface area contributed by atoms with Gasteiger partial charge in [0.25, 0.3) is 0 Å². The smallest absolute Gasteiger partial charge is 0.329 e. The van der Waals surface area contributed by atoms with Gasteiger partial charge in [0.1, 0.15) is 18.1 Å². The van der Waals surface area contributed by atoms with Crippen molar-refractivity contribution in [3.63, 3.8) is 0 Å². The number of hydrazone groups is 1. The quantitative estimate of drug-likeness (QED) is 0.282. The van der Waals surface area contributed by atoms with Crippen molar-refractivity contribution in [2.75, 3.05) is 7.11 Å². The molecule has 0 atom stereocenters. The summed E-state index contributed by atoms with van der Waals surface area (Å²) in [6.07, 6.45) is 1.41. The molecular weight excluding hydrogens is 465 g/mol. The number of amides is 2. The maximum atomic E-state index is 11.9. The van der Waals surface area contributed by atoms with E-state index in [0.29, 0.717) is 32.7 Å². The minimum atomic E-state index is -0.875. The van der Waals surface area contributed by atoms with Crippen LogP contribution in [0.3, 0.4) is 0 Å². The molecule has 0 spiro atoms. The number of hydrogen-bond acceptors (Lipinski definition) is 5. The predicted octanol–water partition coefficient (Wildman–Crippen LogP) is 4.35. The average molecular weight is 486 g/mol. The third kappa shape index (κ3) is 7.24. The first kappa shape index (κ1) is 24.1. The molecule has 9 heteroatoms. The lowest BCUT2D eigenvalue weighted by atomic mass is 10.2. The van der Waals surface area contributed by atoms with Crippen molar-refractivity contribution in [3.8, 4) is 11.5 Å². The van der Waals surface area contributed by atoms with Crippen LogP contribution in [0.1, 0.15) is 16.7 Å². The standard InChI is InChI=1S/C24H21Cl2N3O4/c1-32-18-10-8-16(9-11-18)13-27-23(30)24(31)29-28-14-17-4-2-5-19(12-17)33-15-20-21(25)6-3-7-22(20)26/h2-12,14H,13,15H2,1H3,(H,27,30)(H,29,31)/b28-14-. The third-order valence-electron chi connectivity index (χ3n) is 4.50. The molecule has 7 nitrogen and oxygen atoms in total. The minimum Gasteiger partial charge on any atom is -0.497 e. The molecule has 0 unspecified atom stereocenters. The van der Waals surface area contributed by atoms with E-state index < -0.39 is 11.8 Å². The van der Waals surface area contributed by atoms with Crippen molar-refractivity contribution in [3.05, 3.63) is 93.5 Å². The molecule has 0 bridgehead atoms. The van der Waals surface area contributed by atoms with Crippen molar-refractivity contribution < 1.29 is 19.1 Å². The fourth-order valence-electron chi connectivity index (χ4n) is 2.73. The molecule has 0 saturated carbocycles. The van der Waals surface area contributed by atoms with Crippen LogP contribution in [0.15, 0.2) is 71.8 Å². The second kappa shape index (κ2) is 11.9.